The molecule has 2 amide bonds. The Labute approximate surface area is 154 Å². The van der Waals surface area contributed by atoms with Gasteiger partial charge in [-0.05, 0) is 58.4 Å². The molecule has 144 valence electrons. The average Bonchev–Trinajstić information content (AvgIpc) is 2.70. The van der Waals surface area contributed by atoms with Crippen LogP contribution in [-0.4, -0.2) is 45.2 Å². The molecule has 0 radical (unpaired) electrons. The minimum atomic E-state index is -3.69. The van der Waals surface area contributed by atoms with Crippen molar-refractivity contribution in [3.63, 3.8) is 0 Å². The maximum Gasteiger partial charge on any atom is 0.251 e. The van der Waals surface area contributed by atoms with Gasteiger partial charge in [-0.1, -0.05) is 0 Å². The number of nitrogens with zero attached hydrogens (tertiary/aromatic N) is 1. The molecule has 0 aliphatic carbocycles. The molecule has 1 fully saturated rings. The molecule has 26 heavy (non-hydrogen) atoms. The molecule has 1 heterocycles. The average molecular weight is 382 g/mol. The summed E-state index contributed by atoms with van der Waals surface area (Å²) in [6.07, 6.45) is 0.866. The maximum atomic E-state index is 12.4. The van der Waals surface area contributed by atoms with E-state index in [1.54, 1.807) is 13.8 Å². The quantitative estimate of drug-likeness (QED) is 0.728. The standard InChI is InChI=1S/C18H26N2O5S/c1-13(2)25-11-5-10-19-16(21)14-6-8-15(9-7-14)20-17(22)18(3,4)12-26(20,23)24/h6-9,13H,5,10-12H2,1-4H3,(H,19,21). The molecule has 0 aromatic heterocycles. The first kappa shape index (κ1) is 20.4. The highest BCUT2D eigenvalue weighted by atomic mass is 32.2. The van der Waals surface area contributed by atoms with Gasteiger partial charge < -0.3 is 10.1 Å². The first-order valence-electron chi connectivity index (χ1n) is 8.62. The van der Waals surface area contributed by atoms with Gasteiger partial charge >= 0.3 is 0 Å². The van der Waals surface area contributed by atoms with Crippen LogP contribution in [-0.2, 0) is 19.6 Å². The summed E-state index contributed by atoms with van der Waals surface area (Å²) in [7, 11) is -3.69. The van der Waals surface area contributed by atoms with Crippen LogP contribution in [0.2, 0.25) is 0 Å². The zero-order valence-electron chi connectivity index (χ0n) is 15.6. The number of amides is 2. The Balaban J connectivity index is 2.00. The highest BCUT2D eigenvalue weighted by Crippen LogP contribution is 2.35. The molecule has 7 nitrogen and oxygen atoms in total. The number of hydrogen-bond donors (Lipinski definition) is 1. The number of hydrogen-bond acceptors (Lipinski definition) is 5. The number of rotatable bonds is 7. The molecule has 2 rings (SSSR count). The van der Waals surface area contributed by atoms with Crippen molar-refractivity contribution in [2.75, 3.05) is 23.2 Å². The van der Waals surface area contributed by atoms with E-state index in [9.17, 15) is 18.0 Å². The van der Waals surface area contributed by atoms with Crippen LogP contribution in [0.1, 0.15) is 44.5 Å². The molecular formula is C18H26N2O5S. The monoisotopic (exact) mass is 382 g/mol. The van der Waals surface area contributed by atoms with Crippen molar-refractivity contribution < 1.29 is 22.7 Å². The van der Waals surface area contributed by atoms with Gasteiger partial charge in [0.1, 0.15) is 0 Å². The summed E-state index contributed by atoms with van der Waals surface area (Å²) in [4.78, 5) is 24.5. The highest BCUT2D eigenvalue weighted by Gasteiger charge is 2.49. The molecule has 1 saturated heterocycles. The zero-order valence-corrected chi connectivity index (χ0v) is 16.4. The maximum absolute atomic E-state index is 12.4. The Morgan fingerprint density at radius 3 is 2.38 bits per heavy atom. The molecule has 1 N–H and O–H groups in total. The molecule has 1 aromatic rings. The second kappa shape index (κ2) is 7.75. The Hall–Kier alpha value is -1.93. The van der Waals surface area contributed by atoms with E-state index in [4.69, 9.17) is 4.74 Å². The van der Waals surface area contributed by atoms with E-state index >= 15 is 0 Å². The third kappa shape index (κ3) is 4.62. The number of carbonyl (C=O) groups is 2. The lowest BCUT2D eigenvalue weighted by Crippen LogP contribution is -2.33. The van der Waals surface area contributed by atoms with Crippen LogP contribution in [0.25, 0.3) is 0 Å². The van der Waals surface area contributed by atoms with E-state index in [0.717, 1.165) is 4.31 Å². The Morgan fingerprint density at radius 2 is 1.88 bits per heavy atom. The van der Waals surface area contributed by atoms with Gasteiger partial charge in [-0.3, -0.25) is 9.59 Å². The molecule has 1 aliphatic heterocycles. The summed E-state index contributed by atoms with van der Waals surface area (Å²) in [5.74, 6) is -0.934. The van der Waals surface area contributed by atoms with Crippen molar-refractivity contribution in [1.82, 2.24) is 5.32 Å². The van der Waals surface area contributed by atoms with E-state index in [1.165, 1.54) is 24.3 Å². The fourth-order valence-corrected chi connectivity index (χ4v) is 4.81. The number of ether oxygens (including phenoxy) is 1. The van der Waals surface area contributed by atoms with Crippen LogP contribution in [0, 0.1) is 5.41 Å². The molecular weight excluding hydrogens is 356 g/mol. The van der Waals surface area contributed by atoms with Gasteiger partial charge in [0, 0.05) is 18.7 Å². The third-order valence-electron chi connectivity index (χ3n) is 4.01. The summed E-state index contributed by atoms with van der Waals surface area (Å²) < 4.78 is 30.8. The van der Waals surface area contributed by atoms with Crippen molar-refractivity contribution in [3.05, 3.63) is 29.8 Å². The molecule has 0 spiro atoms. The van der Waals surface area contributed by atoms with Crippen LogP contribution in [0.3, 0.4) is 0 Å². The topological polar surface area (TPSA) is 92.8 Å². The lowest BCUT2D eigenvalue weighted by molar-refractivity contribution is -0.123. The molecule has 0 saturated carbocycles. The van der Waals surface area contributed by atoms with E-state index in [2.05, 4.69) is 5.32 Å². The predicted molar refractivity (Wildman–Crippen MR) is 99.5 cm³/mol. The number of sulfonamides is 1. The fraction of sp³-hybridized carbons (Fsp3) is 0.556. The number of anilines is 1. The summed E-state index contributed by atoms with van der Waals surface area (Å²) in [6.45, 7) is 8.18. The molecule has 0 bridgehead atoms. The second-order valence-electron chi connectivity index (χ2n) is 7.29. The number of benzene rings is 1. The van der Waals surface area contributed by atoms with Gasteiger partial charge in [0.15, 0.2) is 0 Å². The molecule has 0 unspecified atom stereocenters. The van der Waals surface area contributed by atoms with Crippen molar-refractivity contribution in [1.29, 1.82) is 0 Å². The van der Waals surface area contributed by atoms with E-state index < -0.39 is 21.3 Å². The molecule has 8 heteroatoms. The number of nitrogens with one attached hydrogen (secondary N) is 1. The minimum absolute atomic E-state index is 0.160. The van der Waals surface area contributed by atoms with Crippen molar-refractivity contribution in [2.45, 2.75) is 40.2 Å². The first-order valence-corrected chi connectivity index (χ1v) is 10.2. The molecule has 0 atom stereocenters. The van der Waals surface area contributed by atoms with Gasteiger partial charge in [0.2, 0.25) is 15.9 Å². The Bertz CT molecular complexity index is 769. The lowest BCUT2D eigenvalue weighted by Gasteiger charge is -2.17. The molecule has 1 aliphatic rings. The van der Waals surface area contributed by atoms with Crippen LogP contribution in [0.5, 0.6) is 0 Å². The summed E-state index contributed by atoms with van der Waals surface area (Å²) in [6, 6.07) is 5.99. The van der Waals surface area contributed by atoms with Crippen LogP contribution < -0.4 is 9.62 Å². The van der Waals surface area contributed by atoms with Gasteiger partial charge in [-0.15, -0.1) is 0 Å². The highest BCUT2D eigenvalue weighted by molar-refractivity contribution is 7.94. The van der Waals surface area contributed by atoms with E-state index in [0.29, 0.717) is 25.1 Å². The van der Waals surface area contributed by atoms with Crippen molar-refractivity contribution >= 4 is 27.5 Å². The summed E-state index contributed by atoms with van der Waals surface area (Å²) >= 11 is 0. The summed E-state index contributed by atoms with van der Waals surface area (Å²) in [5.41, 5.74) is -0.295. The minimum Gasteiger partial charge on any atom is -0.379 e. The van der Waals surface area contributed by atoms with E-state index in [1.807, 2.05) is 13.8 Å². The largest absolute Gasteiger partial charge is 0.379 e. The third-order valence-corrected chi connectivity index (χ3v) is 6.03. The van der Waals surface area contributed by atoms with Crippen LogP contribution >= 0.6 is 0 Å². The van der Waals surface area contributed by atoms with Crippen molar-refractivity contribution in [3.8, 4) is 0 Å². The second-order valence-corrected chi connectivity index (χ2v) is 9.10. The SMILES string of the molecule is CC(C)OCCCNC(=O)c1ccc(N2C(=O)C(C)(C)CS2(=O)=O)cc1. The predicted octanol–water partition coefficient (Wildman–Crippen LogP) is 1.93. The Morgan fingerprint density at radius 1 is 1.27 bits per heavy atom. The zero-order chi connectivity index (χ0) is 19.5. The fourth-order valence-electron chi connectivity index (χ4n) is 2.70. The normalized spacial score (nSPS) is 18.3. The van der Waals surface area contributed by atoms with Crippen LogP contribution in [0.4, 0.5) is 5.69 Å². The van der Waals surface area contributed by atoms with Gasteiger partial charge in [-0.25, -0.2) is 12.7 Å². The number of carbonyl (C=O) groups excluding carboxylic acids is 2. The molecule has 1 aromatic carbocycles. The Kier molecular flexibility index (Phi) is 6.08. The summed E-state index contributed by atoms with van der Waals surface area (Å²) in [5, 5.41) is 2.78. The van der Waals surface area contributed by atoms with E-state index in [-0.39, 0.29) is 23.5 Å². The van der Waals surface area contributed by atoms with Gasteiger partial charge in [0.05, 0.1) is 23.0 Å². The smallest absolute Gasteiger partial charge is 0.251 e. The first-order chi connectivity index (χ1) is 12.0. The van der Waals surface area contributed by atoms with Gasteiger partial charge in [-0.2, -0.15) is 0 Å². The van der Waals surface area contributed by atoms with Crippen LogP contribution in [0.15, 0.2) is 24.3 Å². The lowest BCUT2D eigenvalue weighted by atomic mass is 9.95. The van der Waals surface area contributed by atoms with Gasteiger partial charge in [0.25, 0.3) is 5.91 Å². The van der Waals surface area contributed by atoms with Crippen molar-refractivity contribution in [2.24, 2.45) is 5.41 Å².